The van der Waals surface area contributed by atoms with Gasteiger partial charge in [-0.05, 0) is 19.1 Å². The Hall–Kier alpha value is -0.350. The van der Waals surface area contributed by atoms with Crippen LogP contribution in [0.5, 0.6) is 0 Å². The first-order valence-corrected chi connectivity index (χ1v) is 5.58. The first-order valence-electron chi connectivity index (χ1n) is 4.01. The molecule has 2 aromatic rings. The second kappa shape index (κ2) is 3.66. The van der Waals surface area contributed by atoms with Crippen molar-refractivity contribution in [1.82, 2.24) is 4.98 Å². The van der Waals surface area contributed by atoms with Gasteiger partial charge in [0, 0.05) is 10.9 Å². The van der Waals surface area contributed by atoms with Crippen molar-refractivity contribution >= 4 is 44.8 Å². The van der Waals surface area contributed by atoms with Crippen LogP contribution in [-0.4, -0.2) is 10.1 Å². The van der Waals surface area contributed by atoms with E-state index >= 15 is 0 Å². The number of halogens is 2. The fourth-order valence-corrected chi connectivity index (χ4v) is 2.66. The van der Waals surface area contributed by atoms with Crippen LogP contribution in [0.2, 0.25) is 9.49 Å². The Balaban J connectivity index is 2.70. The molecule has 0 unspecified atom stereocenters. The molecule has 2 rings (SSSR count). The zero-order valence-corrected chi connectivity index (χ0v) is 9.62. The first kappa shape index (κ1) is 10.2. The summed E-state index contributed by atoms with van der Waals surface area (Å²) in [6, 6.07) is 3.63. The van der Waals surface area contributed by atoms with Crippen LogP contribution in [0, 0.1) is 0 Å². The topological polar surface area (TPSA) is 33.1 Å². The number of aliphatic hydroxyl groups is 1. The van der Waals surface area contributed by atoms with Crippen molar-refractivity contribution in [3.63, 3.8) is 0 Å². The number of fused-ring (bicyclic) bond motifs is 1. The number of pyridine rings is 1. The van der Waals surface area contributed by atoms with E-state index < -0.39 is 6.10 Å². The van der Waals surface area contributed by atoms with E-state index in [9.17, 15) is 5.11 Å². The lowest BCUT2D eigenvalue weighted by Gasteiger charge is -2.05. The average molecular weight is 248 g/mol. The Bertz CT molecular complexity index is 481. The van der Waals surface area contributed by atoms with Crippen LogP contribution >= 0.6 is 34.5 Å². The maximum Gasteiger partial charge on any atom is 0.136 e. The summed E-state index contributed by atoms with van der Waals surface area (Å²) in [5, 5.41) is 10.7. The minimum Gasteiger partial charge on any atom is -0.389 e. The van der Waals surface area contributed by atoms with Crippen LogP contribution in [0.25, 0.3) is 10.2 Å². The predicted molar refractivity (Wildman–Crippen MR) is 60.3 cm³/mol. The quantitative estimate of drug-likeness (QED) is 0.781. The van der Waals surface area contributed by atoms with Crippen molar-refractivity contribution < 1.29 is 5.11 Å². The Labute approximate surface area is 95.1 Å². The number of thiophene rings is 1. The number of hydrogen-bond donors (Lipinski definition) is 1. The lowest BCUT2D eigenvalue weighted by Crippen LogP contribution is -1.93. The molecule has 5 heteroatoms. The van der Waals surface area contributed by atoms with E-state index in [1.807, 2.05) is 12.1 Å². The van der Waals surface area contributed by atoms with Crippen molar-refractivity contribution in [3.8, 4) is 0 Å². The van der Waals surface area contributed by atoms with Crippen molar-refractivity contribution in [2.75, 3.05) is 0 Å². The van der Waals surface area contributed by atoms with Crippen molar-refractivity contribution in [2.45, 2.75) is 13.0 Å². The third kappa shape index (κ3) is 1.73. The maximum absolute atomic E-state index is 9.42. The maximum atomic E-state index is 9.42. The Morgan fingerprint density at radius 1 is 1.43 bits per heavy atom. The van der Waals surface area contributed by atoms with E-state index in [0.29, 0.717) is 15.1 Å². The van der Waals surface area contributed by atoms with Crippen LogP contribution in [0.15, 0.2) is 12.1 Å². The molecule has 14 heavy (non-hydrogen) atoms. The molecule has 0 bridgehead atoms. The summed E-state index contributed by atoms with van der Waals surface area (Å²) in [4.78, 5) is 4.95. The largest absolute Gasteiger partial charge is 0.389 e. The molecule has 1 atom stereocenters. The second-order valence-electron chi connectivity index (χ2n) is 2.99. The van der Waals surface area contributed by atoms with Crippen molar-refractivity contribution in [2.24, 2.45) is 0 Å². The minimum absolute atomic E-state index is 0.339. The third-order valence-electron chi connectivity index (χ3n) is 1.91. The van der Waals surface area contributed by atoms with Crippen molar-refractivity contribution in [1.29, 1.82) is 0 Å². The van der Waals surface area contributed by atoms with Gasteiger partial charge in [0.05, 0.1) is 10.4 Å². The van der Waals surface area contributed by atoms with E-state index in [0.717, 1.165) is 10.2 Å². The van der Waals surface area contributed by atoms with E-state index in [4.69, 9.17) is 23.2 Å². The lowest BCUT2D eigenvalue weighted by molar-refractivity contribution is 0.199. The fraction of sp³-hybridized carbons (Fsp3) is 0.222. The van der Waals surface area contributed by atoms with E-state index in [2.05, 4.69) is 4.98 Å². The summed E-state index contributed by atoms with van der Waals surface area (Å²) >= 11 is 13.1. The number of aromatic nitrogens is 1. The molecule has 0 saturated heterocycles. The summed E-state index contributed by atoms with van der Waals surface area (Å²) in [5.74, 6) is 0. The fourth-order valence-electron chi connectivity index (χ4n) is 1.23. The number of hydrogen-bond acceptors (Lipinski definition) is 3. The van der Waals surface area contributed by atoms with Gasteiger partial charge in [0.25, 0.3) is 0 Å². The molecular weight excluding hydrogens is 241 g/mol. The van der Waals surface area contributed by atoms with Gasteiger partial charge >= 0.3 is 0 Å². The van der Waals surface area contributed by atoms with Crippen molar-refractivity contribution in [3.05, 3.63) is 27.2 Å². The molecular formula is C9H7Cl2NOS. The molecule has 1 N–H and O–H groups in total. The molecule has 0 amide bonds. The van der Waals surface area contributed by atoms with E-state index in [-0.39, 0.29) is 0 Å². The molecule has 2 nitrogen and oxygen atoms in total. The molecule has 0 aliphatic heterocycles. The standard InChI is InChI=1S/C9H7Cl2NOS/c1-4(13)6-2-5-3-7(10)14-9(5)12-8(6)11/h2-4,13H,1H3/t4-/m0/s1. The molecule has 2 heterocycles. The molecule has 0 aliphatic carbocycles. The Morgan fingerprint density at radius 2 is 2.14 bits per heavy atom. The molecule has 0 spiro atoms. The monoisotopic (exact) mass is 247 g/mol. The van der Waals surface area contributed by atoms with Gasteiger partial charge in [-0.2, -0.15) is 0 Å². The second-order valence-corrected chi connectivity index (χ2v) is 5.01. The number of rotatable bonds is 1. The normalized spacial score (nSPS) is 13.4. The highest BCUT2D eigenvalue weighted by molar-refractivity contribution is 7.22. The molecule has 2 aromatic heterocycles. The van der Waals surface area contributed by atoms with E-state index in [1.54, 1.807) is 6.92 Å². The molecule has 0 aliphatic rings. The summed E-state index contributed by atoms with van der Waals surface area (Å²) in [6.07, 6.45) is -0.613. The van der Waals surface area contributed by atoms with Gasteiger partial charge in [-0.3, -0.25) is 0 Å². The first-order chi connectivity index (χ1) is 6.58. The number of aliphatic hydroxyl groups excluding tert-OH is 1. The summed E-state index contributed by atoms with van der Waals surface area (Å²) in [7, 11) is 0. The zero-order valence-electron chi connectivity index (χ0n) is 7.29. The minimum atomic E-state index is -0.613. The molecule has 74 valence electrons. The summed E-state index contributed by atoms with van der Waals surface area (Å²) in [6.45, 7) is 1.66. The van der Waals surface area contributed by atoms with Gasteiger partial charge in [-0.15, -0.1) is 11.3 Å². The van der Waals surface area contributed by atoms with Gasteiger partial charge in [0.2, 0.25) is 0 Å². The predicted octanol–water partition coefficient (Wildman–Crippen LogP) is 3.66. The van der Waals surface area contributed by atoms with Gasteiger partial charge in [0.15, 0.2) is 0 Å². The molecule has 0 fully saturated rings. The smallest absolute Gasteiger partial charge is 0.136 e. The third-order valence-corrected chi connectivity index (χ3v) is 3.39. The summed E-state index contributed by atoms with van der Waals surface area (Å²) < 4.78 is 0.673. The molecule has 0 radical (unpaired) electrons. The number of nitrogens with zero attached hydrogens (tertiary/aromatic N) is 1. The van der Waals surface area contributed by atoms with Gasteiger partial charge in [0.1, 0.15) is 9.98 Å². The summed E-state index contributed by atoms with van der Waals surface area (Å²) in [5.41, 5.74) is 0.633. The lowest BCUT2D eigenvalue weighted by atomic mass is 10.1. The molecule has 0 saturated carbocycles. The van der Waals surface area contributed by atoms with E-state index in [1.165, 1.54) is 11.3 Å². The van der Waals surface area contributed by atoms with Crippen LogP contribution in [0.3, 0.4) is 0 Å². The highest BCUT2D eigenvalue weighted by Gasteiger charge is 2.11. The van der Waals surface area contributed by atoms with Crippen LogP contribution in [-0.2, 0) is 0 Å². The van der Waals surface area contributed by atoms with Crippen LogP contribution in [0.1, 0.15) is 18.6 Å². The van der Waals surface area contributed by atoms with Gasteiger partial charge < -0.3 is 5.11 Å². The Morgan fingerprint density at radius 3 is 2.79 bits per heavy atom. The Kier molecular flexibility index (Phi) is 2.66. The molecule has 0 aromatic carbocycles. The average Bonchev–Trinajstić information content (AvgIpc) is 2.42. The van der Waals surface area contributed by atoms with Crippen LogP contribution in [0.4, 0.5) is 0 Å². The van der Waals surface area contributed by atoms with Gasteiger partial charge in [-0.25, -0.2) is 4.98 Å². The highest BCUT2D eigenvalue weighted by atomic mass is 35.5. The zero-order chi connectivity index (χ0) is 10.3. The van der Waals surface area contributed by atoms with Gasteiger partial charge in [-0.1, -0.05) is 23.2 Å². The SMILES string of the molecule is C[C@H](O)c1cc2cc(Cl)sc2nc1Cl. The van der Waals surface area contributed by atoms with Crippen LogP contribution < -0.4 is 0 Å². The highest BCUT2D eigenvalue weighted by Crippen LogP contribution is 2.32.